The fourth-order valence-corrected chi connectivity index (χ4v) is 2.72. The van der Waals surface area contributed by atoms with Gasteiger partial charge in [-0.05, 0) is 31.9 Å². The molecule has 1 fully saturated rings. The fraction of sp³-hybridized carbons (Fsp3) is 0.533. The Morgan fingerprint density at radius 2 is 2.21 bits per heavy atom. The first-order chi connectivity index (χ1) is 9.22. The third kappa shape index (κ3) is 3.55. The van der Waals surface area contributed by atoms with Crippen molar-refractivity contribution in [2.75, 3.05) is 19.7 Å². The van der Waals surface area contributed by atoms with Gasteiger partial charge in [0.1, 0.15) is 6.04 Å². The lowest BCUT2D eigenvalue weighted by atomic mass is 10.0. The molecule has 0 amide bonds. The van der Waals surface area contributed by atoms with Crippen LogP contribution in [0.5, 0.6) is 0 Å². The monoisotopic (exact) mass is 263 g/mol. The second-order valence-corrected chi connectivity index (χ2v) is 4.87. The average molecular weight is 263 g/mol. The highest BCUT2D eigenvalue weighted by atomic mass is 16.5. The van der Waals surface area contributed by atoms with Gasteiger partial charge in [0, 0.05) is 13.2 Å². The molecule has 0 radical (unpaired) electrons. The Labute approximate surface area is 114 Å². The number of piperidine rings is 1. The van der Waals surface area contributed by atoms with E-state index in [4.69, 9.17) is 4.74 Å². The molecule has 1 N–H and O–H groups in total. The summed E-state index contributed by atoms with van der Waals surface area (Å²) in [5.41, 5.74) is 0.840. The summed E-state index contributed by atoms with van der Waals surface area (Å²) < 4.78 is 5.64. The Hall–Kier alpha value is -1.39. The van der Waals surface area contributed by atoms with Crippen LogP contribution in [0.25, 0.3) is 0 Å². The first-order valence-corrected chi connectivity index (χ1v) is 6.85. The van der Waals surface area contributed by atoms with Crippen LogP contribution >= 0.6 is 0 Å². The van der Waals surface area contributed by atoms with Gasteiger partial charge in [-0.1, -0.05) is 30.3 Å². The first-order valence-electron chi connectivity index (χ1n) is 6.85. The summed E-state index contributed by atoms with van der Waals surface area (Å²) in [5.74, 6) is -0.789. The van der Waals surface area contributed by atoms with E-state index in [1.54, 1.807) is 0 Å². The molecule has 4 heteroatoms. The third-order valence-electron chi connectivity index (χ3n) is 3.53. The number of benzene rings is 1. The van der Waals surface area contributed by atoms with Gasteiger partial charge in [-0.3, -0.25) is 9.69 Å². The van der Waals surface area contributed by atoms with Crippen LogP contribution in [0.3, 0.4) is 0 Å². The Bertz CT molecular complexity index is 405. The summed E-state index contributed by atoms with van der Waals surface area (Å²) in [6.45, 7) is 4.17. The Kier molecular flexibility index (Phi) is 4.93. The molecule has 104 valence electrons. The maximum atomic E-state index is 11.6. The Balaban J connectivity index is 2.13. The molecule has 0 saturated carbocycles. The van der Waals surface area contributed by atoms with Gasteiger partial charge in [-0.25, -0.2) is 0 Å². The number of carboxylic acids is 1. The highest BCUT2D eigenvalue weighted by molar-refractivity contribution is 5.75. The zero-order valence-electron chi connectivity index (χ0n) is 11.3. The summed E-state index contributed by atoms with van der Waals surface area (Å²) in [6.07, 6.45) is 2.16. The van der Waals surface area contributed by atoms with Crippen LogP contribution in [0.15, 0.2) is 30.3 Å². The number of aliphatic carboxylic acids is 1. The summed E-state index contributed by atoms with van der Waals surface area (Å²) in [4.78, 5) is 13.6. The predicted octanol–water partition coefficient (Wildman–Crippen LogP) is 2.31. The maximum absolute atomic E-state index is 11.6. The molecule has 0 spiro atoms. The first kappa shape index (κ1) is 14.0. The van der Waals surface area contributed by atoms with Crippen LogP contribution in [0, 0.1) is 0 Å². The molecule has 2 rings (SSSR count). The zero-order valence-corrected chi connectivity index (χ0v) is 11.3. The molecule has 1 aliphatic rings. The van der Waals surface area contributed by atoms with Gasteiger partial charge in [0.2, 0.25) is 0 Å². The van der Waals surface area contributed by atoms with Gasteiger partial charge in [0.05, 0.1) is 6.10 Å². The molecule has 1 saturated heterocycles. The highest BCUT2D eigenvalue weighted by Crippen LogP contribution is 2.25. The van der Waals surface area contributed by atoms with E-state index >= 15 is 0 Å². The molecular formula is C15H21NO3. The number of carboxylic acid groups (broad SMARTS) is 1. The van der Waals surface area contributed by atoms with Gasteiger partial charge in [-0.2, -0.15) is 0 Å². The second-order valence-electron chi connectivity index (χ2n) is 4.87. The van der Waals surface area contributed by atoms with Crippen LogP contribution < -0.4 is 0 Å². The van der Waals surface area contributed by atoms with Crippen LogP contribution in [0.2, 0.25) is 0 Å². The molecule has 2 atom stereocenters. The van der Waals surface area contributed by atoms with Crippen molar-refractivity contribution in [2.45, 2.75) is 31.9 Å². The van der Waals surface area contributed by atoms with Crippen molar-refractivity contribution in [3.63, 3.8) is 0 Å². The van der Waals surface area contributed by atoms with Crippen molar-refractivity contribution in [2.24, 2.45) is 0 Å². The van der Waals surface area contributed by atoms with Gasteiger partial charge in [0.15, 0.2) is 0 Å². The molecule has 0 bridgehead atoms. The number of hydrogen-bond donors (Lipinski definition) is 1. The van der Waals surface area contributed by atoms with E-state index in [1.165, 1.54) is 0 Å². The molecule has 2 unspecified atom stereocenters. The summed E-state index contributed by atoms with van der Waals surface area (Å²) in [5, 5.41) is 9.51. The SMILES string of the molecule is CCOC1CCCN(C(C(=O)O)c2ccccc2)C1. The predicted molar refractivity (Wildman–Crippen MR) is 73.0 cm³/mol. The van der Waals surface area contributed by atoms with E-state index in [2.05, 4.69) is 0 Å². The van der Waals surface area contributed by atoms with Crippen molar-refractivity contribution in [1.29, 1.82) is 0 Å². The smallest absolute Gasteiger partial charge is 0.325 e. The van der Waals surface area contributed by atoms with Crippen LogP contribution in [-0.2, 0) is 9.53 Å². The van der Waals surface area contributed by atoms with E-state index in [0.717, 1.165) is 24.9 Å². The quantitative estimate of drug-likeness (QED) is 0.885. The van der Waals surface area contributed by atoms with Crippen LogP contribution in [0.4, 0.5) is 0 Å². The molecule has 1 aromatic carbocycles. The van der Waals surface area contributed by atoms with E-state index in [1.807, 2.05) is 42.2 Å². The molecular weight excluding hydrogens is 242 g/mol. The number of hydrogen-bond acceptors (Lipinski definition) is 3. The summed E-state index contributed by atoms with van der Waals surface area (Å²) in [6, 6.07) is 8.86. The molecule has 0 aliphatic carbocycles. The molecule has 0 aromatic heterocycles. The second kappa shape index (κ2) is 6.68. The number of nitrogens with zero attached hydrogens (tertiary/aromatic N) is 1. The Morgan fingerprint density at radius 3 is 2.84 bits per heavy atom. The van der Waals surface area contributed by atoms with E-state index < -0.39 is 12.0 Å². The number of ether oxygens (including phenoxy) is 1. The average Bonchev–Trinajstić information content (AvgIpc) is 2.40. The van der Waals surface area contributed by atoms with E-state index in [9.17, 15) is 9.90 Å². The maximum Gasteiger partial charge on any atom is 0.325 e. The largest absolute Gasteiger partial charge is 0.480 e. The number of rotatable bonds is 5. The highest BCUT2D eigenvalue weighted by Gasteiger charge is 2.31. The van der Waals surface area contributed by atoms with E-state index in [-0.39, 0.29) is 6.10 Å². The number of likely N-dealkylation sites (tertiary alicyclic amines) is 1. The normalized spacial score (nSPS) is 22.1. The minimum atomic E-state index is -0.789. The van der Waals surface area contributed by atoms with Gasteiger partial charge >= 0.3 is 5.97 Å². The van der Waals surface area contributed by atoms with Crippen LogP contribution in [0.1, 0.15) is 31.4 Å². The number of carbonyl (C=O) groups is 1. The van der Waals surface area contributed by atoms with Crippen molar-refractivity contribution < 1.29 is 14.6 Å². The zero-order chi connectivity index (χ0) is 13.7. The van der Waals surface area contributed by atoms with Gasteiger partial charge < -0.3 is 9.84 Å². The summed E-state index contributed by atoms with van der Waals surface area (Å²) >= 11 is 0. The standard InChI is InChI=1S/C15H21NO3/c1-2-19-13-9-6-10-16(11-13)14(15(17)18)12-7-4-3-5-8-12/h3-5,7-8,13-14H,2,6,9-11H2,1H3,(H,17,18). The molecule has 19 heavy (non-hydrogen) atoms. The molecule has 1 aliphatic heterocycles. The van der Waals surface area contributed by atoms with Gasteiger partial charge in [-0.15, -0.1) is 0 Å². The van der Waals surface area contributed by atoms with Crippen LogP contribution in [-0.4, -0.2) is 41.8 Å². The Morgan fingerprint density at radius 1 is 1.47 bits per heavy atom. The lowest BCUT2D eigenvalue weighted by Gasteiger charge is -2.36. The molecule has 1 aromatic rings. The lowest BCUT2D eigenvalue weighted by Crippen LogP contribution is -2.44. The molecule has 4 nitrogen and oxygen atoms in total. The van der Waals surface area contributed by atoms with Crippen molar-refractivity contribution in [3.05, 3.63) is 35.9 Å². The van der Waals surface area contributed by atoms with Gasteiger partial charge in [0.25, 0.3) is 0 Å². The van der Waals surface area contributed by atoms with Crippen molar-refractivity contribution in [1.82, 2.24) is 4.90 Å². The minimum absolute atomic E-state index is 0.157. The minimum Gasteiger partial charge on any atom is -0.480 e. The molecule has 1 heterocycles. The fourth-order valence-electron chi connectivity index (χ4n) is 2.72. The lowest BCUT2D eigenvalue weighted by molar-refractivity contribution is -0.145. The van der Waals surface area contributed by atoms with Crippen molar-refractivity contribution in [3.8, 4) is 0 Å². The van der Waals surface area contributed by atoms with Crippen molar-refractivity contribution >= 4 is 5.97 Å². The van der Waals surface area contributed by atoms with E-state index in [0.29, 0.717) is 13.2 Å². The summed E-state index contributed by atoms with van der Waals surface area (Å²) in [7, 11) is 0. The third-order valence-corrected chi connectivity index (χ3v) is 3.53. The topological polar surface area (TPSA) is 49.8 Å².